The van der Waals surface area contributed by atoms with Crippen molar-refractivity contribution in [3.63, 3.8) is 0 Å². The van der Waals surface area contributed by atoms with Gasteiger partial charge in [0.15, 0.2) is 5.16 Å². The average Bonchev–Trinajstić information content (AvgIpc) is 3.03. The zero-order valence-electron chi connectivity index (χ0n) is 11.9. The molecule has 0 unspecified atom stereocenters. The average molecular weight is 323 g/mol. The van der Waals surface area contributed by atoms with Gasteiger partial charge < -0.3 is 5.11 Å². The topological polar surface area (TPSA) is 70.9 Å². The van der Waals surface area contributed by atoms with E-state index in [9.17, 15) is 4.79 Å². The minimum Gasteiger partial charge on any atom is -0.395 e. The Labute approximate surface area is 131 Å². The van der Waals surface area contributed by atoms with E-state index in [1.807, 2.05) is 25.3 Å². The minimum absolute atomic E-state index is 0.0749. The molecule has 0 aliphatic heterocycles. The lowest BCUT2D eigenvalue weighted by atomic mass is 10.2. The molecule has 2 N–H and O–H groups in total. The van der Waals surface area contributed by atoms with Crippen LogP contribution >= 0.6 is 23.1 Å². The first-order chi connectivity index (χ1) is 10.1. The Bertz CT molecular complexity index is 704. The molecule has 0 atom stereocenters. The minimum atomic E-state index is -0.179. The lowest BCUT2D eigenvalue weighted by Crippen LogP contribution is -2.19. The summed E-state index contributed by atoms with van der Waals surface area (Å²) in [4.78, 5) is 12.8. The van der Waals surface area contributed by atoms with Gasteiger partial charge in [0.25, 0.3) is 0 Å². The maximum absolute atomic E-state index is 11.7. The van der Waals surface area contributed by atoms with Gasteiger partial charge in [-0.05, 0) is 25.3 Å². The van der Waals surface area contributed by atoms with Crippen LogP contribution in [0.4, 0.5) is 0 Å². The molecule has 0 saturated heterocycles. The van der Waals surface area contributed by atoms with Gasteiger partial charge in [-0.25, -0.2) is 9.89 Å². The number of aliphatic hydroxyl groups is 1. The van der Waals surface area contributed by atoms with Crippen molar-refractivity contribution in [1.82, 2.24) is 14.8 Å². The molecule has 0 amide bonds. The first kappa shape index (κ1) is 15.9. The molecule has 2 aromatic heterocycles. The normalized spacial score (nSPS) is 10.7. The van der Waals surface area contributed by atoms with E-state index in [1.165, 1.54) is 11.8 Å². The molecular formula is C14H17N3O2S2. The van der Waals surface area contributed by atoms with E-state index < -0.39 is 0 Å². The summed E-state index contributed by atoms with van der Waals surface area (Å²) >= 11 is 3.16. The highest BCUT2D eigenvalue weighted by atomic mass is 32.2. The number of aromatic amines is 1. The molecule has 0 saturated carbocycles. The predicted molar refractivity (Wildman–Crippen MR) is 85.7 cm³/mol. The van der Waals surface area contributed by atoms with Gasteiger partial charge in [0.05, 0.1) is 6.61 Å². The quantitative estimate of drug-likeness (QED) is 0.654. The molecule has 0 aliphatic rings. The number of aliphatic hydroxyl groups excluding tert-OH is 1. The number of rotatable bonds is 5. The van der Waals surface area contributed by atoms with Crippen LogP contribution in [0, 0.1) is 11.8 Å². The van der Waals surface area contributed by atoms with Crippen molar-refractivity contribution in [2.24, 2.45) is 0 Å². The number of nitrogens with one attached hydrogen (secondary N) is 1. The Morgan fingerprint density at radius 1 is 1.57 bits per heavy atom. The van der Waals surface area contributed by atoms with Crippen LogP contribution in [0.25, 0.3) is 0 Å². The van der Waals surface area contributed by atoms with Crippen molar-refractivity contribution < 1.29 is 5.11 Å². The lowest BCUT2D eigenvalue weighted by Gasteiger charge is -2.07. The van der Waals surface area contributed by atoms with Crippen LogP contribution in [0.3, 0.4) is 0 Å². The highest BCUT2D eigenvalue weighted by Gasteiger charge is 2.13. The lowest BCUT2D eigenvalue weighted by molar-refractivity contribution is 0.305. The van der Waals surface area contributed by atoms with E-state index in [-0.39, 0.29) is 18.3 Å². The summed E-state index contributed by atoms with van der Waals surface area (Å²) in [6.07, 6.45) is 0.481. The van der Waals surface area contributed by atoms with Gasteiger partial charge in [0.2, 0.25) is 0 Å². The molecule has 0 aliphatic carbocycles. The van der Waals surface area contributed by atoms with Crippen molar-refractivity contribution in [2.45, 2.75) is 37.2 Å². The van der Waals surface area contributed by atoms with Crippen molar-refractivity contribution in [1.29, 1.82) is 0 Å². The molecule has 7 heteroatoms. The number of thiophene rings is 1. The van der Waals surface area contributed by atoms with Crippen LogP contribution in [-0.2, 0) is 5.75 Å². The molecule has 112 valence electrons. The zero-order chi connectivity index (χ0) is 15.2. The highest BCUT2D eigenvalue weighted by molar-refractivity contribution is 7.98. The molecule has 2 aromatic rings. The molecule has 2 heterocycles. The van der Waals surface area contributed by atoms with E-state index in [0.29, 0.717) is 11.6 Å². The Kier molecular flexibility index (Phi) is 5.67. The largest absolute Gasteiger partial charge is 0.395 e. The van der Waals surface area contributed by atoms with Gasteiger partial charge in [-0.2, -0.15) is 0 Å². The Balaban J connectivity index is 2.10. The monoisotopic (exact) mass is 323 g/mol. The fourth-order valence-electron chi connectivity index (χ4n) is 1.75. The van der Waals surface area contributed by atoms with Gasteiger partial charge in [0.1, 0.15) is 0 Å². The molecule has 0 bridgehead atoms. The van der Waals surface area contributed by atoms with Crippen molar-refractivity contribution in [2.75, 3.05) is 6.61 Å². The second kappa shape index (κ2) is 7.50. The Morgan fingerprint density at radius 2 is 2.38 bits per heavy atom. The molecular weight excluding hydrogens is 306 g/mol. The number of H-pyrrole nitrogens is 1. The van der Waals surface area contributed by atoms with Gasteiger partial charge in [-0.3, -0.25) is 4.57 Å². The summed E-state index contributed by atoms with van der Waals surface area (Å²) < 4.78 is 1.65. The van der Waals surface area contributed by atoms with Crippen LogP contribution in [-0.4, -0.2) is 26.5 Å². The summed E-state index contributed by atoms with van der Waals surface area (Å²) in [6, 6.07) is 2.05. The molecule has 21 heavy (non-hydrogen) atoms. The fraction of sp³-hybridized carbons (Fsp3) is 0.429. The molecule has 0 spiro atoms. The van der Waals surface area contributed by atoms with E-state index in [2.05, 4.69) is 22.0 Å². The number of nitrogens with zero attached hydrogens (tertiary/aromatic N) is 2. The van der Waals surface area contributed by atoms with Crippen molar-refractivity contribution >= 4 is 23.1 Å². The van der Waals surface area contributed by atoms with Crippen LogP contribution < -0.4 is 5.69 Å². The number of hydrogen-bond acceptors (Lipinski definition) is 5. The number of thioether (sulfide) groups is 1. The van der Waals surface area contributed by atoms with Crippen LogP contribution in [0.15, 0.2) is 21.4 Å². The maximum atomic E-state index is 11.7. The highest BCUT2D eigenvalue weighted by Crippen LogP contribution is 2.26. The molecule has 5 nitrogen and oxygen atoms in total. The number of hydrogen-bond donors (Lipinski definition) is 2. The summed E-state index contributed by atoms with van der Waals surface area (Å²) in [7, 11) is 0. The summed E-state index contributed by atoms with van der Waals surface area (Å²) in [5.74, 6) is 6.71. The standard InChI is InChI=1S/C14H17N3O2S2/c1-10(2)17-13(19)15-16-14(17)21-9-12-11(6-8-20-12)5-3-4-7-18/h6,8,10,18H,4,7,9H2,1-2H3,(H,15,19). The van der Waals surface area contributed by atoms with Gasteiger partial charge in [-0.15, -0.1) is 16.4 Å². The summed E-state index contributed by atoms with van der Waals surface area (Å²) in [5.41, 5.74) is 0.802. The number of aromatic nitrogens is 3. The van der Waals surface area contributed by atoms with E-state index in [4.69, 9.17) is 5.11 Å². The predicted octanol–water partition coefficient (Wildman–Crippen LogP) is 2.24. The van der Waals surface area contributed by atoms with Crippen molar-refractivity contribution in [3.05, 3.63) is 32.4 Å². The SMILES string of the molecule is CC(C)n1c(SCc2sccc2C#CCCO)n[nH]c1=O. The Morgan fingerprint density at radius 3 is 3.10 bits per heavy atom. The Hall–Kier alpha value is -1.49. The van der Waals surface area contributed by atoms with Gasteiger partial charge >= 0.3 is 5.69 Å². The third-order valence-corrected chi connectivity index (χ3v) is 4.81. The van der Waals surface area contributed by atoms with E-state index in [0.717, 1.165) is 16.2 Å². The molecule has 0 fully saturated rings. The van der Waals surface area contributed by atoms with E-state index in [1.54, 1.807) is 15.9 Å². The summed E-state index contributed by atoms with van der Waals surface area (Å²) in [5, 5.41) is 18.0. The smallest absolute Gasteiger partial charge is 0.344 e. The fourth-order valence-corrected chi connectivity index (χ4v) is 3.78. The maximum Gasteiger partial charge on any atom is 0.344 e. The zero-order valence-corrected chi connectivity index (χ0v) is 13.6. The molecule has 2 rings (SSSR count). The first-order valence-corrected chi connectivity index (χ1v) is 8.45. The second-order valence-electron chi connectivity index (χ2n) is 4.60. The third kappa shape index (κ3) is 4.00. The first-order valence-electron chi connectivity index (χ1n) is 6.59. The van der Waals surface area contributed by atoms with Crippen LogP contribution in [0.1, 0.15) is 36.8 Å². The van der Waals surface area contributed by atoms with Gasteiger partial charge in [-0.1, -0.05) is 23.6 Å². The third-order valence-electron chi connectivity index (χ3n) is 2.73. The second-order valence-corrected chi connectivity index (χ2v) is 6.54. The molecule has 0 aromatic carbocycles. The van der Waals surface area contributed by atoms with E-state index >= 15 is 0 Å². The molecule has 0 radical (unpaired) electrons. The van der Waals surface area contributed by atoms with Gasteiger partial charge in [0, 0.05) is 28.7 Å². The van der Waals surface area contributed by atoms with Crippen LogP contribution in [0.5, 0.6) is 0 Å². The summed E-state index contributed by atoms with van der Waals surface area (Å²) in [6.45, 7) is 3.99. The van der Waals surface area contributed by atoms with Crippen LogP contribution in [0.2, 0.25) is 0 Å². The van der Waals surface area contributed by atoms with Crippen molar-refractivity contribution in [3.8, 4) is 11.8 Å².